The highest BCUT2D eigenvalue weighted by atomic mass is 19.4. The third-order valence-corrected chi connectivity index (χ3v) is 8.17. The average Bonchev–Trinajstić information content (AvgIpc) is 3.57. The van der Waals surface area contributed by atoms with Gasteiger partial charge in [0.15, 0.2) is 5.82 Å². The van der Waals surface area contributed by atoms with Crippen LogP contribution in [0.15, 0.2) is 18.5 Å². The number of hydrogen-bond donors (Lipinski definition) is 2. The summed E-state index contributed by atoms with van der Waals surface area (Å²) in [5.74, 6) is -6.74. The van der Waals surface area contributed by atoms with Gasteiger partial charge in [-0.3, -0.25) is 14.3 Å². The van der Waals surface area contributed by atoms with Crippen LogP contribution in [0.2, 0.25) is 0 Å². The highest BCUT2D eigenvalue weighted by Gasteiger charge is 2.45. The lowest BCUT2D eigenvalue weighted by Crippen LogP contribution is -2.47. The van der Waals surface area contributed by atoms with Crippen LogP contribution in [0.5, 0.6) is 0 Å². The summed E-state index contributed by atoms with van der Waals surface area (Å²) in [6, 6.07) is 0.642. The number of aromatic nitrogens is 6. The molecule has 2 fully saturated rings. The van der Waals surface area contributed by atoms with E-state index < -0.39 is 60.7 Å². The van der Waals surface area contributed by atoms with Crippen molar-refractivity contribution in [2.45, 2.75) is 70.1 Å². The second kappa shape index (κ2) is 11.7. The van der Waals surface area contributed by atoms with Gasteiger partial charge in [-0.25, -0.2) is 18.3 Å². The summed E-state index contributed by atoms with van der Waals surface area (Å²) in [6.07, 6.45) is -1.92. The molecule has 2 N–H and O–H groups in total. The van der Waals surface area contributed by atoms with Crippen LogP contribution in [0, 0.1) is 17.8 Å². The van der Waals surface area contributed by atoms with Gasteiger partial charge in [-0.1, -0.05) is 0 Å². The van der Waals surface area contributed by atoms with Gasteiger partial charge in [0.2, 0.25) is 11.8 Å². The molecule has 16 heteroatoms. The van der Waals surface area contributed by atoms with E-state index in [4.69, 9.17) is 0 Å². The molecule has 4 heterocycles. The minimum absolute atomic E-state index is 0.0988. The lowest BCUT2D eigenvalue weighted by atomic mass is 9.80. The molecule has 0 radical (unpaired) electrons. The van der Waals surface area contributed by atoms with Gasteiger partial charge in [0, 0.05) is 58.6 Å². The van der Waals surface area contributed by atoms with Crippen molar-refractivity contribution in [3.05, 3.63) is 35.5 Å². The molecule has 0 bridgehead atoms. The molecule has 3 aromatic heterocycles. The zero-order chi connectivity index (χ0) is 31.1. The molecule has 2 aliphatic rings. The first-order chi connectivity index (χ1) is 20.3. The number of aryl methyl sites for hydroxylation is 1. The van der Waals surface area contributed by atoms with Gasteiger partial charge >= 0.3 is 6.18 Å². The number of hydrogen-bond acceptors (Lipinski definition) is 7. The third-order valence-electron chi connectivity index (χ3n) is 8.17. The van der Waals surface area contributed by atoms with Crippen LogP contribution in [0.4, 0.5) is 27.8 Å². The van der Waals surface area contributed by atoms with Crippen molar-refractivity contribution in [1.29, 1.82) is 0 Å². The van der Waals surface area contributed by atoms with E-state index in [1.54, 1.807) is 25.1 Å². The minimum Gasteiger partial charge on any atom is -0.361 e. The molecule has 1 saturated carbocycles. The summed E-state index contributed by atoms with van der Waals surface area (Å²) in [4.78, 5) is 36.5. The van der Waals surface area contributed by atoms with Crippen LogP contribution in [-0.4, -0.2) is 73.9 Å². The Morgan fingerprint density at radius 3 is 2.72 bits per heavy atom. The van der Waals surface area contributed by atoms with Gasteiger partial charge < -0.3 is 15.5 Å². The molecule has 5 rings (SSSR count). The third kappa shape index (κ3) is 6.56. The Bertz CT molecular complexity index is 1490. The molecular weight excluding hydrogens is 577 g/mol. The number of nitrogens with zero attached hydrogens (tertiary/aromatic N) is 7. The Hall–Kier alpha value is -3.85. The zero-order valence-corrected chi connectivity index (χ0v) is 24.0. The van der Waals surface area contributed by atoms with Gasteiger partial charge in [-0.15, -0.1) is 0 Å². The Kier molecular flexibility index (Phi) is 8.31. The number of alkyl halides is 5. The molecule has 3 aromatic rings. The molecule has 0 unspecified atom stereocenters. The van der Waals surface area contributed by atoms with Crippen molar-refractivity contribution in [3.63, 3.8) is 0 Å². The monoisotopic (exact) mass is 611 g/mol. The van der Waals surface area contributed by atoms with E-state index in [1.165, 1.54) is 21.6 Å². The quantitative estimate of drug-likeness (QED) is 0.374. The fraction of sp³-hybridized carbons (Fsp3) is 0.630. The van der Waals surface area contributed by atoms with Crippen molar-refractivity contribution in [3.8, 4) is 0 Å². The van der Waals surface area contributed by atoms with Crippen LogP contribution in [0.1, 0.15) is 66.9 Å². The number of imidazole rings is 1. The van der Waals surface area contributed by atoms with Crippen molar-refractivity contribution in [2.75, 3.05) is 25.5 Å². The number of carbonyl (C=O) groups excluding carboxylic acids is 2. The Balaban J connectivity index is 1.49. The first-order valence-corrected chi connectivity index (χ1v) is 14.2. The van der Waals surface area contributed by atoms with E-state index in [0.29, 0.717) is 18.8 Å². The molecule has 11 nitrogen and oxygen atoms in total. The van der Waals surface area contributed by atoms with Crippen LogP contribution in [0.25, 0.3) is 5.78 Å². The summed E-state index contributed by atoms with van der Waals surface area (Å²) in [5.41, 5.74) is 0.823. The maximum Gasteiger partial charge on any atom is 0.393 e. The lowest BCUT2D eigenvalue weighted by Gasteiger charge is -2.34. The number of amides is 2. The van der Waals surface area contributed by atoms with Crippen molar-refractivity contribution in [2.24, 2.45) is 17.8 Å². The van der Waals surface area contributed by atoms with E-state index in [-0.39, 0.29) is 48.5 Å². The number of rotatable bonds is 8. The van der Waals surface area contributed by atoms with Crippen LogP contribution in [-0.2, 0) is 17.8 Å². The molecule has 4 atom stereocenters. The van der Waals surface area contributed by atoms with Crippen molar-refractivity contribution in [1.82, 2.24) is 40.0 Å². The summed E-state index contributed by atoms with van der Waals surface area (Å²) >= 11 is 0. The first kappa shape index (κ1) is 30.6. The topological polar surface area (TPSA) is 122 Å². The highest BCUT2D eigenvalue weighted by molar-refractivity contribution is 5.92. The molecule has 1 aliphatic carbocycles. The predicted octanol–water partition coefficient (Wildman–Crippen LogP) is 3.56. The highest BCUT2D eigenvalue weighted by Crippen LogP contribution is 2.42. The number of halogens is 5. The molecule has 43 heavy (non-hydrogen) atoms. The van der Waals surface area contributed by atoms with Crippen LogP contribution >= 0.6 is 0 Å². The molecule has 1 saturated heterocycles. The number of piperidine rings is 1. The molecule has 234 valence electrons. The largest absolute Gasteiger partial charge is 0.393 e. The maximum atomic E-state index is 14.5. The first-order valence-electron chi connectivity index (χ1n) is 14.2. The summed E-state index contributed by atoms with van der Waals surface area (Å²) < 4.78 is 72.1. The second-order valence-electron chi connectivity index (χ2n) is 11.5. The fourth-order valence-electron chi connectivity index (χ4n) is 5.98. The van der Waals surface area contributed by atoms with Gasteiger partial charge in [0.1, 0.15) is 11.4 Å². The summed E-state index contributed by atoms with van der Waals surface area (Å²) in [5, 5.41) is 13.9. The zero-order valence-electron chi connectivity index (χ0n) is 24.0. The van der Waals surface area contributed by atoms with E-state index in [0.717, 1.165) is 0 Å². The molecule has 1 aliphatic heterocycles. The van der Waals surface area contributed by atoms with Crippen molar-refractivity contribution >= 4 is 23.4 Å². The van der Waals surface area contributed by atoms with Crippen LogP contribution < -0.4 is 15.5 Å². The average molecular weight is 612 g/mol. The minimum atomic E-state index is -4.45. The van der Waals surface area contributed by atoms with Crippen LogP contribution in [0.3, 0.4) is 0 Å². The summed E-state index contributed by atoms with van der Waals surface area (Å²) in [7, 11) is 3.36. The predicted molar refractivity (Wildman–Crippen MR) is 144 cm³/mol. The number of anilines is 1. The van der Waals surface area contributed by atoms with E-state index in [9.17, 15) is 31.5 Å². The fourth-order valence-corrected chi connectivity index (χ4v) is 5.98. The van der Waals surface area contributed by atoms with Gasteiger partial charge in [-0.2, -0.15) is 28.4 Å². The Labute approximate surface area is 244 Å². The standard InChI is InChI=1S/C27H34F5N9O2/c1-4-40-20(7-9-34-40)24(43)36-21(15-6-5-8-26(28,29)12-15)19-14-41-25(35-19)37-22(39(2)3)18(38-41)11-16-10-17(27(30,31)32)13-33-23(16)42/h7,9,14-17,21H,4-6,8,10-13H2,1-3H3,(H,33,42)(H,36,43)/t15-,16+,17+,21-/m0/s1. The van der Waals surface area contributed by atoms with Gasteiger partial charge in [0.25, 0.3) is 11.7 Å². The summed E-state index contributed by atoms with van der Waals surface area (Å²) in [6.45, 7) is 1.78. The number of carbonyl (C=O) groups is 2. The number of nitrogens with one attached hydrogen (secondary N) is 2. The smallest absolute Gasteiger partial charge is 0.361 e. The molecular formula is C27H34F5N9O2. The molecule has 0 aromatic carbocycles. The van der Waals surface area contributed by atoms with Gasteiger partial charge in [-0.05, 0) is 38.2 Å². The Morgan fingerprint density at radius 1 is 1.28 bits per heavy atom. The number of fused-ring (bicyclic) bond motifs is 1. The van der Waals surface area contributed by atoms with E-state index in [2.05, 4.69) is 30.8 Å². The SMILES string of the molecule is CCn1nccc1C(=O)N[C@H](c1cn2nc(C[C@H]3C[C@@H](C(F)(F)F)CNC3=O)c(N(C)C)nc2n1)[C@H]1CCCC(F)(F)C1. The van der Waals surface area contributed by atoms with E-state index >= 15 is 0 Å². The molecule has 2 amide bonds. The second-order valence-corrected chi connectivity index (χ2v) is 11.5. The van der Waals surface area contributed by atoms with Gasteiger partial charge in [0.05, 0.1) is 23.9 Å². The maximum absolute atomic E-state index is 14.5. The lowest BCUT2D eigenvalue weighted by molar-refractivity contribution is -0.183. The van der Waals surface area contributed by atoms with Crippen molar-refractivity contribution < 1.29 is 31.5 Å². The Morgan fingerprint density at radius 2 is 2.05 bits per heavy atom. The normalized spacial score (nSPS) is 23.2. The van der Waals surface area contributed by atoms with E-state index in [1.807, 2.05) is 6.92 Å². The molecule has 0 spiro atoms.